The molecule has 2 rings (SSSR count). The minimum Gasteiger partial charge on any atom is -0.322 e. The maximum absolute atomic E-state index is 12.2. The smallest absolute Gasteiger partial charge is 0.255 e. The minimum atomic E-state index is -0.164. The van der Waals surface area contributed by atoms with Gasteiger partial charge in [0.2, 0.25) is 0 Å². The van der Waals surface area contributed by atoms with Gasteiger partial charge in [0.1, 0.15) is 0 Å². The van der Waals surface area contributed by atoms with Crippen LogP contribution >= 0.6 is 11.8 Å². The fraction of sp³-hybridized carbons (Fsp3) is 0.125. The van der Waals surface area contributed by atoms with Crippen molar-refractivity contribution in [2.75, 3.05) is 11.6 Å². The van der Waals surface area contributed by atoms with Gasteiger partial charge in [0.05, 0.1) is 12.5 Å². The molecule has 0 radical (unpaired) electrons. The second-order valence-corrected chi connectivity index (χ2v) is 5.10. The number of nitriles is 1. The number of anilines is 1. The Kier molecular flexibility index (Phi) is 4.80. The lowest BCUT2D eigenvalue weighted by Crippen LogP contribution is -2.12. The highest BCUT2D eigenvalue weighted by Gasteiger charge is 2.07. The Hall–Kier alpha value is -2.25. The summed E-state index contributed by atoms with van der Waals surface area (Å²) in [5, 5.41) is 11.6. The standard InChI is InChI=1S/C16H14N2OS/c1-20-15-7-3-6-14(11-15)18-16(19)13-5-2-4-12(10-13)8-9-17/h2-7,10-11H,8H2,1H3,(H,18,19). The summed E-state index contributed by atoms with van der Waals surface area (Å²) in [6.07, 6.45) is 2.30. The summed E-state index contributed by atoms with van der Waals surface area (Å²) < 4.78 is 0. The largest absolute Gasteiger partial charge is 0.322 e. The molecular weight excluding hydrogens is 268 g/mol. The van der Waals surface area contributed by atoms with E-state index in [-0.39, 0.29) is 5.91 Å². The Morgan fingerprint density at radius 3 is 2.80 bits per heavy atom. The zero-order valence-corrected chi connectivity index (χ0v) is 11.9. The number of nitrogens with one attached hydrogen (secondary N) is 1. The second-order valence-electron chi connectivity index (χ2n) is 4.22. The summed E-state index contributed by atoms with van der Waals surface area (Å²) in [5.74, 6) is -0.164. The SMILES string of the molecule is CSc1cccc(NC(=O)c2cccc(CC#N)c2)c1. The molecule has 0 spiro atoms. The van der Waals surface area contributed by atoms with Crippen LogP contribution < -0.4 is 5.32 Å². The summed E-state index contributed by atoms with van der Waals surface area (Å²) in [4.78, 5) is 13.3. The van der Waals surface area contributed by atoms with Gasteiger partial charge >= 0.3 is 0 Å². The van der Waals surface area contributed by atoms with Crippen LogP contribution in [0.3, 0.4) is 0 Å². The molecule has 0 aliphatic rings. The van der Waals surface area contributed by atoms with Crippen molar-refractivity contribution in [1.29, 1.82) is 5.26 Å². The van der Waals surface area contributed by atoms with Gasteiger partial charge in [-0.05, 0) is 42.2 Å². The molecule has 100 valence electrons. The molecule has 20 heavy (non-hydrogen) atoms. The normalized spacial score (nSPS) is 9.80. The molecule has 0 atom stereocenters. The van der Waals surface area contributed by atoms with Crippen LogP contribution in [0.4, 0.5) is 5.69 Å². The molecular formula is C16H14N2OS. The van der Waals surface area contributed by atoms with E-state index in [1.165, 1.54) is 0 Å². The Morgan fingerprint density at radius 2 is 2.05 bits per heavy atom. The number of thioether (sulfide) groups is 1. The molecule has 2 aromatic carbocycles. The van der Waals surface area contributed by atoms with Crippen LogP contribution in [0.5, 0.6) is 0 Å². The number of benzene rings is 2. The summed E-state index contributed by atoms with van der Waals surface area (Å²) >= 11 is 1.63. The lowest BCUT2D eigenvalue weighted by molar-refractivity contribution is 0.102. The topological polar surface area (TPSA) is 52.9 Å². The molecule has 1 N–H and O–H groups in total. The van der Waals surface area contributed by atoms with Gasteiger partial charge in [-0.3, -0.25) is 4.79 Å². The predicted octanol–water partition coefficient (Wildman–Crippen LogP) is 3.73. The number of nitrogens with zero attached hydrogens (tertiary/aromatic N) is 1. The molecule has 0 fully saturated rings. The van der Waals surface area contributed by atoms with Crippen molar-refractivity contribution in [1.82, 2.24) is 0 Å². The van der Waals surface area contributed by atoms with Crippen molar-refractivity contribution in [3.8, 4) is 6.07 Å². The quantitative estimate of drug-likeness (QED) is 0.869. The van der Waals surface area contributed by atoms with Crippen molar-refractivity contribution in [3.05, 3.63) is 59.7 Å². The molecule has 0 aromatic heterocycles. The Balaban J connectivity index is 2.15. The molecule has 0 heterocycles. The molecule has 3 nitrogen and oxygen atoms in total. The van der Waals surface area contributed by atoms with Crippen LogP contribution in [0.2, 0.25) is 0 Å². The summed E-state index contributed by atoms with van der Waals surface area (Å²) in [6, 6.07) is 16.9. The molecule has 0 saturated heterocycles. The van der Waals surface area contributed by atoms with E-state index in [2.05, 4.69) is 11.4 Å². The average Bonchev–Trinajstić information content (AvgIpc) is 2.48. The van der Waals surface area contributed by atoms with E-state index in [9.17, 15) is 4.79 Å². The molecule has 0 saturated carbocycles. The molecule has 0 aliphatic heterocycles. The Labute approximate surface area is 122 Å². The van der Waals surface area contributed by atoms with Crippen molar-refractivity contribution in [2.24, 2.45) is 0 Å². The Morgan fingerprint density at radius 1 is 1.25 bits per heavy atom. The highest BCUT2D eigenvalue weighted by Crippen LogP contribution is 2.19. The first-order valence-corrected chi connectivity index (χ1v) is 7.36. The highest BCUT2D eigenvalue weighted by molar-refractivity contribution is 7.98. The van der Waals surface area contributed by atoms with Crippen LogP contribution in [0.1, 0.15) is 15.9 Å². The highest BCUT2D eigenvalue weighted by atomic mass is 32.2. The third kappa shape index (κ3) is 3.62. The van der Waals surface area contributed by atoms with E-state index < -0.39 is 0 Å². The van der Waals surface area contributed by atoms with Gasteiger partial charge in [0.15, 0.2) is 0 Å². The predicted molar refractivity (Wildman–Crippen MR) is 81.9 cm³/mol. The average molecular weight is 282 g/mol. The molecule has 0 unspecified atom stereocenters. The van der Waals surface area contributed by atoms with Gasteiger partial charge in [-0.1, -0.05) is 18.2 Å². The van der Waals surface area contributed by atoms with E-state index in [4.69, 9.17) is 5.26 Å². The summed E-state index contributed by atoms with van der Waals surface area (Å²) in [5.41, 5.74) is 2.18. The molecule has 4 heteroatoms. The van der Waals surface area contributed by atoms with E-state index in [1.807, 2.05) is 36.6 Å². The van der Waals surface area contributed by atoms with Gasteiger partial charge in [-0.25, -0.2) is 0 Å². The van der Waals surface area contributed by atoms with Crippen molar-refractivity contribution in [3.63, 3.8) is 0 Å². The van der Waals surface area contributed by atoms with Crippen molar-refractivity contribution < 1.29 is 4.79 Å². The van der Waals surface area contributed by atoms with Crippen molar-refractivity contribution >= 4 is 23.4 Å². The lowest BCUT2D eigenvalue weighted by atomic mass is 10.1. The maximum atomic E-state index is 12.2. The van der Waals surface area contributed by atoms with E-state index >= 15 is 0 Å². The number of rotatable bonds is 4. The molecule has 0 aliphatic carbocycles. The second kappa shape index (κ2) is 6.78. The zero-order valence-electron chi connectivity index (χ0n) is 11.1. The number of hydrogen-bond acceptors (Lipinski definition) is 3. The summed E-state index contributed by atoms with van der Waals surface area (Å²) in [6.45, 7) is 0. The maximum Gasteiger partial charge on any atom is 0.255 e. The Bertz CT molecular complexity index is 662. The van der Waals surface area contributed by atoms with E-state index in [0.717, 1.165) is 16.1 Å². The number of hydrogen-bond donors (Lipinski definition) is 1. The van der Waals surface area contributed by atoms with Crippen LogP contribution in [0.15, 0.2) is 53.4 Å². The molecule has 1 amide bonds. The van der Waals surface area contributed by atoms with Gasteiger partial charge in [-0.15, -0.1) is 11.8 Å². The van der Waals surface area contributed by atoms with Gasteiger partial charge in [0, 0.05) is 16.1 Å². The van der Waals surface area contributed by atoms with Crippen molar-refractivity contribution in [2.45, 2.75) is 11.3 Å². The molecule has 2 aromatic rings. The van der Waals surface area contributed by atoms with E-state index in [0.29, 0.717) is 12.0 Å². The first-order valence-electron chi connectivity index (χ1n) is 6.14. The first kappa shape index (κ1) is 14.2. The fourth-order valence-electron chi connectivity index (χ4n) is 1.82. The number of amides is 1. The third-order valence-electron chi connectivity index (χ3n) is 2.80. The number of carbonyl (C=O) groups is 1. The van der Waals surface area contributed by atoms with Crippen LogP contribution in [0, 0.1) is 11.3 Å². The molecule has 0 bridgehead atoms. The first-order chi connectivity index (χ1) is 9.72. The van der Waals surface area contributed by atoms with Crippen LogP contribution in [0.25, 0.3) is 0 Å². The fourth-order valence-corrected chi connectivity index (χ4v) is 2.28. The summed E-state index contributed by atoms with van der Waals surface area (Å²) in [7, 11) is 0. The third-order valence-corrected chi connectivity index (χ3v) is 3.53. The van der Waals surface area contributed by atoms with Crippen LogP contribution in [-0.2, 0) is 6.42 Å². The minimum absolute atomic E-state index is 0.164. The van der Waals surface area contributed by atoms with Gasteiger partial charge < -0.3 is 5.32 Å². The monoisotopic (exact) mass is 282 g/mol. The lowest BCUT2D eigenvalue weighted by Gasteiger charge is -2.07. The van der Waals surface area contributed by atoms with Gasteiger partial charge in [0.25, 0.3) is 5.91 Å². The van der Waals surface area contributed by atoms with Crippen LogP contribution in [-0.4, -0.2) is 12.2 Å². The number of carbonyl (C=O) groups excluding carboxylic acids is 1. The zero-order chi connectivity index (χ0) is 14.4. The van der Waals surface area contributed by atoms with Gasteiger partial charge in [-0.2, -0.15) is 5.26 Å². The van der Waals surface area contributed by atoms with E-state index in [1.54, 1.807) is 30.0 Å².